The highest BCUT2D eigenvalue weighted by Gasteiger charge is 2.24. The summed E-state index contributed by atoms with van der Waals surface area (Å²) < 4.78 is 18.9. The van der Waals surface area contributed by atoms with Crippen molar-refractivity contribution in [3.63, 3.8) is 0 Å². The number of para-hydroxylation sites is 1. The van der Waals surface area contributed by atoms with E-state index in [-0.39, 0.29) is 18.7 Å². The van der Waals surface area contributed by atoms with Crippen molar-refractivity contribution >= 4 is 18.1 Å². The Labute approximate surface area is 112 Å². The molecule has 19 heavy (non-hydrogen) atoms. The highest BCUT2D eigenvalue weighted by atomic mass is 19.1. The van der Waals surface area contributed by atoms with Crippen LogP contribution in [0.5, 0.6) is 0 Å². The smallest absolute Gasteiger partial charge is 0.414 e. The van der Waals surface area contributed by atoms with Crippen LogP contribution in [0.1, 0.15) is 27.2 Å². The zero-order valence-corrected chi connectivity index (χ0v) is 11.4. The number of carbonyl (C=O) groups excluding carboxylic acids is 2. The molecule has 0 spiro atoms. The SMILES string of the molecule is CC(C)(C)OC(=O)N(CCC=O)c1ccccc1F. The Bertz CT molecular complexity index is 454. The number of hydrogen-bond acceptors (Lipinski definition) is 3. The van der Waals surface area contributed by atoms with E-state index in [4.69, 9.17) is 4.74 Å². The highest BCUT2D eigenvalue weighted by molar-refractivity contribution is 5.88. The summed E-state index contributed by atoms with van der Waals surface area (Å²) >= 11 is 0. The molecule has 5 heteroatoms. The second kappa shape index (κ2) is 6.31. The Balaban J connectivity index is 2.98. The van der Waals surface area contributed by atoms with Gasteiger partial charge in [-0.3, -0.25) is 4.90 Å². The summed E-state index contributed by atoms with van der Waals surface area (Å²) in [7, 11) is 0. The molecular formula is C14H18FNO3. The topological polar surface area (TPSA) is 46.6 Å². The summed E-state index contributed by atoms with van der Waals surface area (Å²) in [6, 6.07) is 5.89. The molecule has 1 aromatic carbocycles. The number of hydrogen-bond donors (Lipinski definition) is 0. The van der Waals surface area contributed by atoms with Gasteiger partial charge in [0.1, 0.15) is 17.7 Å². The average Bonchev–Trinajstić information content (AvgIpc) is 2.29. The maximum atomic E-state index is 13.7. The molecule has 0 saturated heterocycles. The minimum Gasteiger partial charge on any atom is -0.443 e. The van der Waals surface area contributed by atoms with Crippen molar-refractivity contribution in [2.45, 2.75) is 32.8 Å². The van der Waals surface area contributed by atoms with E-state index in [1.165, 1.54) is 18.2 Å². The van der Waals surface area contributed by atoms with Crippen molar-refractivity contribution in [1.82, 2.24) is 0 Å². The largest absolute Gasteiger partial charge is 0.443 e. The number of benzene rings is 1. The van der Waals surface area contributed by atoms with Gasteiger partial charge in [0.05, 0.1) is 5.69 Å². The number of aldehydes is 1. The maximum Gasteiger partial charge on any atom is 0.414 e. The second-order valence-corrected chi connectivity index (χ2v) is 5.04. The van der Waals surface area contributed by atoms with Gasteiger partial charge in [-0.2, -0.15) is 0 Å². The number of anilines is 1. The predicted molar refractivity (Wildman–Crippen MR) is 70.7 cm³/mol. The normalized spacial score (nSPS) is 10.9. The molecule has 0 saturated carbocycles. The van der Waals surface area contributed by atoms with E-state index < -0.39 is 17.5 Å². The lowest BCUT2D eigenvalue weighted by molar-refractivity contribution is -0.107. The molecule has 0 unspecified atom stereocenters. The minimum absolute atomic E-state index is 0.0827. The zero-order valence-electron chi connectivity index (χ0n) is 11.4. The summed E-state index contributed by atoms with van der Waals surface area (Å²) in [6.07, 6.45) is 0.130. The lowest BCUT2D eigenvalue weighted by atomic mass is 10.2. The van der Waals surface area contributed by atoms with E-state index >= 15 is 0 Å². The summed E-state index contributed by atoms with van der Waals surface area (Å²) in [5.74, 6) is -0.528. The number of nitrogens with zero attached hydrogens (tertiary/aromatic N) is 1. The van der Waals surface area contributed by atoms with Crippen LogP contribution >= 0.6 is 0 Å². The van der Waals surface area contributed by atoms with E-state index in [1.807, 2.05) is 0 Å². The van der Waals surface area contributed by atoms with Gasteiger partial charge in [0.2, 0.25) is 0 Å². The van der Waals surface area contributed by atoms with Crippen molar-refractivity contribution in [2.75, 3.05) is 11.4 Å². The molecule has 0 aliphatic rings. The van der Waals surface area contributed by atoms with Gasteiger partial charge in [-0.1, -0.05) is 12.1 Å². The molecule has 0 bridgehead atoms. The van der Waals surface area contributed by atoms with Gasteiger partial charge in [-0.15, -0.1) is 0 Å². The van der Waals surface area contributed by atoms with Crippen LogP contribution in [-0.4, -0.2) is 24.5 Å². The summed E-state index contributed by atoms with van der Waals surface area (Å²) in [5, 5.41) is 0. The molecule has 1 amide bonds. The van der Waals surface area contributed by atoms with E-state index in [1.54, 1.807) is 26.8 Å². The van der Waals surface area contributed by atoms with Gasteiger partial charge in [0, 0.05) is 13.0 Å². The second-order valence-electron chi connectivity index (χ2n) is 5.04. The van der Waals surface area contributed by atoms with Crippen LogP contribution in [0.15, 0.2) is 24.3 Å². The van der Waals surface area contributed by atoms with Crippen molar-refractivity contribution in [3.05, 3.63) is 30.1 Å². The van der Waals surface area contributed by atoms with Crippen molar-refractivity contribution in [3.8, 4) is 0 Å². The van der Waals surface area contributed by atoms with Crippen LogP contribution in [0.3, 0.4) is 0 Å². The molecule has 0 atom stereocenters. The quantitative estimate of drug-likeness (QED) is 0.787. The van der Waals surface area contributed by atoms with Crippen LogP contribution in [0, 0.1) is 5.82 Å². The fraction of sp³-hybridized carbons (Fsp3) is 0.429. The van der Waals surface area contributed by atoms with Crippen LogP contribution in [0.4, 0.5) is 14.9 Å². The summed E-state index contributed by atoms with van der Waals surface area (Å²) in [5.41, 5.74) is -0.569. The Morgan fingerprint density at radius 3 is 2.53 bits per heavy atom. The molecule has 4 nitrogen and oxygen atoms in total. The highest BCUT2D eigenvalue weighted by Crippen LogP contribution is 2.21. The number of rotatable bonds is 4. The molecule has 0 radical (unpaired) electrons. The van der Waals surface area contributed by atoms with E-state index in [9.17, 15) is 14.0 Å². The summed E-state index contributed by atoms with van der Waals surface area (Å²) in [4.78, 5) is 23.6. The maximum absolute atomic E-state index is 13.7. The molecule has 0 heterocycles. The average molecular weight is 267 g/mol. The first kappa shape index (κ1) is 15.1. The van der Waals surface area contributed by atoms with Crippen molar-refractivity contribution < 1.29 is 18.7 Å². The van der Waals surface area contributed by atoms with E-state index in [2.05, 4.69) is 0 Å². The van der Waals surface area contributed by atoms with Crippen molar-refractivity contribution in [1.29, 1.82) is 0 Å². The number of amides is 1. The van der Waals surface area contributed by atoms with Crippen LogP contribution in [-0.2, 0) is 9.53 Å². The molecule has 0 N–H and O–H groups in total. The number of ether oxygens (including phenoxy) is 1. The first-order valence-electron chi connectivity index (χ1n) is 6.04. The monoisotopic (exact) mass is 267 g/mol. The lowest BCUT2D eigenvalue weighted by Crippen LogP contribution is -2.38. The Hall–Kier alpha value is -1.91. The molecule has 0 fully saturated rings. The van der Waals surface area contributed by atoms with Gasteiger partial charge in [-0.05, 0) is 32.9 Å². The number of carbonyl (C=O) groups is 2. The van der Waals surface area contributed by atoms with Crippen molar-refractivity contribution in [2.24, 2.45) is 0 Å². The van der Waals surface area contributed by atoms with Gasteiger partial charge in [-0.25, -0.2) is 9.18 Å². The standard InChI is InChI=1S/C14H18FNO3/c1-14(2,3)19-13(18)16(9-6-10-17)12-8-5-4-7-11(12)15/h4-5,7-8,10H,6,9H2,1-3H3. The van der Waals surface area contributed by atoms with Crippen LogP contribution in [0.25, 0.3) is 0 Å². The Morgan fingerprint density at radius 1 is 1.37 bits per heavy atom. The molecule has 0 aliphatic heterocycles. The fourth-order valence-electron chi connectivity index (χ4n) is 1.48. The lowest BCUT2D eigenvalue weighted by Gasteiger charge is -2.27. The molecule has 1 rings (SSSR count). The molecule has 104 valence electrons. The Kier molecular flexibility index (Phi) is 5.03. The van der Waals surface area contributed by atoms with Gasteiger partial charge >= 0.3 is 6.09 Å². The first-order chi connectivity index (χ1) is 8.85. The molecule has 0 aromatic heterocycles. The minimum atomic E-state index is -0.679. The van der Waals surface area contributed by atoms with Gasteiger partial charge in [0.25, 0.3) is 0 Å². The predicted octanol–water partition coefficient (Wildman–Crippen LogP) is 3.16. The third-order valence-corrected chi connectivity index (χ3v) is 2.23. The van der Waals surface area contributed by atoms with Crippen LogP contribution in [0.2, 0.25) is 0 Å². The first-order valence-corrected chi connectivity index (χ1v) is 6.04. The van der Waals surface area contributed by atoms with E-state index in [0.717, 1.165) is 4.90 Å². The fourth-order valence-corrected chi connectivity index (χ4v) is 1.48. The molecular weight excluding hydrogens is 249 g/mol. The van der Waals surface area contributed by atoms with Gasteiger partial charge in [0.15, 0.2) is 0 Å². The van der Waals surface area contributed by atoms with E-state index in [0.29, 0.717) is 6.29 Å². The third-order valence-electron chi connectivity index (χ3n) is 2.23. The zero-order chi connectivity index (χ0) is 14.5. The number of halogens is 1. The van der Waals surface area contributed by atoms with Gasteiger partial charge < -0.3 is 9.53 Å². The Morgan fingerprint density at radius 2 is 2.00 bits per heavy atom. The third kappa shape index (κ3) is 4.69. The summed E-state index contributed by atoms with van der Waals surface area (Å²) in [6.45, 7) is 5.26. The molecule has 1 aromatic rings. The van der Waals surface area contributed by atoms with Crippen LogP contribution < -0.4 is 4.90 Å². The molecule has 0 aliphatic carbocycles.